The van der Waals surface area contributed by atoms with E-state index in [1.54, 1.807) is 20.4 Å². The lowest BCUT2D eigenvalue weighted by Crippen LogP contribution is -2.38. The van der Waals surface area contributed by atoms with Crippen LogP contribution in [0.15, 0.2) is 53.8 Å². The van der Waals surface area contributed by atoms with Crippen molar-refractivity contribution in [2.45, 2.75) is 32.9 Å². The van der Waals surface area contributed by atoms with Gasteiger partial charge in [0.1, 0.15) is 11.5 Å². The van der Waals surface area contributed by atoms with Crippen molar-refractivity contribution in [3.05, 3.63) is 65.6 Å². The molecule has 3 aromatic rings. The summed E-state index contributed by atoms with van der Waals surface area (Å²) in [5, 5.41) is 7.99. The fourth-order valence-corrected chi connectivity index (χ4v) is 3.42. The molecule has 0 radical (unpaired) electrons. The van der Waals surface area contributed by atoms with E-state index in [9.17, 15) is 0 Å². The molecule has 0 unspecified atom stereocenters. The second-order valence-corrected chi connectivity index (χ2v) is 7.91. The van der Waals surface area contributed by atoms with Gasteiger partial charge in [-0.1, -0.05) is 26.0 Å². The number of hydrogen-bond donors (Lipinski definition) is 1. The fraction of sp³-hybridized carbons (Fsp3) is 0.375. The number of rotatable bonds is 8. The van der Waals surface area contributed by atoms with Crippen molar-refractivity contribution in [3.8, 4) is 17.4 Å². The molecule has 2 aromatic heterocycles. The first-order valence-corrected chi connectivity index (χ1v) is 10.6. The van der Waals surface area contributed by atoms with Crippen LogP contribution < -0.4 is 14.8 Å². The van der Waals surface area contributed by atoms with Crippen LogP contribution in [0.1, 0.15) is 36.6 Å². The molecular weight excluding hydrogens is 404 g/mol. The van der Waals surface area contributed by atoms with Crippen molar-refractivity contribution in [2.75, 3.05) is 21.2 Å². The minimum Gasteiger partial charge on any atom is -0.497 e. The number of nitrogens with zero attached hydrogens (tertiary/aromatic N) is 5. The second kappa shape index (κ2) is 10.7. The lowest BCUT2D eigenvalue weighted by atomic mass is 10.1. The molecule has 0 fully saturated rings. The third-order valence-corrected chi connectivity index (χ3v) is 4.98. The van der Waals surface area contributed by atoms with Gasteiger partial charge in [-0.15, -0.1) is 0 Å². The van der Waals surface area contributed by atoms with E-state index < -0.39 is 0 Å². The van der Waals surface area contributed by atoms with Gasteiger partial charge in [0.15, 0.2) is 5.96 Å². The highest BCUT2D eigenvalue weighted by atomic mass is 16.5. The molecule has 0 saturated heterocycles. The largest absolute Gasteiger partial charge is 0.497 e. The van der Waals surface area contributed by atoms with Gasteiger partial charge < -0.3 is 19.7 Å². The van der Waals surface area contributed by atoms with Crippen molar-refractivity contribution < 1.29 is 9.47 Å². The average Bonchev–Trinajstić information content (AvgIpc) is 3.15. The van der Waals surface area contributed by atoms with Crippen molar-refractivity contribution in [2.24, 2.45) is 12.0 Å². The number of aryl methyl sites for hydroxylation is 1. The van der Waals surface area contributed by atoms with E-state index in [-0.39, 0.29) is 0 Å². The number of methoxy groups -OCH3 is 1. The molecule has 0 amide bonds. The van der Waals surface area contributed by atoms with Gasteiger partial charge in [-0.25, -0.2) is 4.98 Å². The Kier molecular flexibility index (Phi) is 7.70. The highest BCUT2D eigenvalue weighted by molar-refractivity contribution is 5.79. The molecule has 0 aliphatic carbocycles. The van der Waals surface area contributed by atoms with Gasteiger partial charge in [-0.05, 0) is 23.6 Å². The first-order valence-electron chi connectivity index (χ1n) is 10.6. The van der Waals surface area contributed by atoms with Crippen molar-refractivity contribution >= 4 is 5.96 Å². The summed E-state index contributed by atoms with van der Waals surface area (Å²) >= 11 is 0. The number of nitrogens with one attached hydrogen (secondary N) is 1. The Morgan fingerprint density at radius 2 is 2.00 bits per heavy atom. The zero-order valence-electron chi connectivity index (χ0n) is 19.7. The molecule has 1 N–H and O–H groups in total. The van der Waals surface area contributed by atoms with E-state index in [1.165, 1.54) is 5.56 Å². The van der Waals surface area contributed by atoms with Crippen LogP contribution in [0, 0.1) is 0 Å². The molecule has 0 aliphatic rings. The number of ether oxygens (including phenoxy) is 2. The van der Waals surface area contributed by atoms with Gasteiger partial charge in [-0.2, -0.15) is 5.10 Å². The fourth-order valence-electron chi connectivity index (χ4n) is 3.42. The molecule has 0 aliphatic heterocycles. The Balaban J connectivity index is 1.57. The van der Waals surface area contributed by atoms with E-state index in [0.29, 0.717) is 24.1 Å². The van der Waals surface area contributed by atoms with Crippen molar-refractivity contribution in [1.29, 1.82) is 0 Å². The molecule has 32 heavy (non-hydrogen) atoms. The van der Waals surface area contributed by atoms with Crippen LogP contribution in [0.5, 0.6) is 17.4 Å². The van der Waals surface area contributed by atoms with E-state index >= 15 is 0 Å². The summed E-state index contributed by atoms with van der Waals surface area (Å²) in [5.74, 6) is 3.13. The lowest BCUT2D eigenvalue weighted by Gasteiger charge is -2.22. The quantitative estimate of drug-likeness (QED) is 0.426. The maximum absolute atomic E-state index is 5.81. The van der Waals surface area contributed by atoms with Gasteiger partial charge >= 0.3 is 0 Å². The Labute approximate surface area is 189 Å². The first-order chi connectivity index (χ1) is 15.4. The Hall–Kier alpha value is -3.55. The SMILES string of the molecule is CN=C(NCc1ccc(Oc2cccc(OC)c2)nc1)N(C)Cc1cn(C)nc1C(C)C. The third kappa shape index (κ3) is 6.00. The summed E-state index contributed by atoms with van der Waals surface area (Å²) < 4.78 is 12.9. The molecular formula is C24H32N6O2. The molecule has 2 heterocycles. The van der Waals surface area contributed by atoms with Crippen LogP contribution in [0.3, 0.4) is 0 Å². The molecule has 170 valence electrons. The summed E-state index contributed by atoms with van der Waals surface area (Å²) in [6.45, 7) is 5.65. The zero-order valence-corrected chi connectivity index (χ0v) is 19.7. The molecule has 0 atom stereocenters. The normalized spacial score (nSPS) is 11.5. The minimum absolute atomic E-state index is 0.373. The molecule has 3 rings (SSSR count). The standard InChI is InChI=1S/C24H32N6O2/c1-17(2)23-19(16-30(5)28-23)15-29(4)24(25-3)27-14-18-10-11-22(26-13-18)32-21-9-7-8-20(12-21)31-6/h7-13,16-17H,14-15H2,1-6H3,(H,25,27). The number of pyridine rings is 1. The van der Waals surface area contributed by atoms with E-state index in [1.807, 2.05) is 55.2 Å². The Morgan fingerprint density at radius 1 is 1.22 bits per heavy atom. The zero-order chi connectivity index (χ0) is 23.1. The van der Waals surface area contributed by atoms with Gasteiger partial charge in [0, 0.05) is 64.3 Å². The summed E-state index contributed by atoms with van der Waals surface area (Å²) in [6, 6.07) is 11.3. The summed E-state index contributed by atoms with van der Waals surface area (Å²) in [5.41, 5.74) is 3.35. The number of aromatic nitrogens is 3. The molecule has 8 nitrogen and oxygen atoms in total. The van der Waals surface area contributed by atoms with Crippen LogP contribution in [-0.2, 0) is 20.1 Å². The van der Waals surface area contributed by atoms with Gasteiger partial charge in [-0.3, -0.25) is 9.67 Å². The van der Waals surface area contributed by atoms with E-state index in [0.717, 1.165) is 29.5 Å². The maximum Gasteiger partial charge on any atom is 0.219 e. The van der Waals surface area contributed by atoms with Crippen molar-refractivity contribution in [1.82, 2.24) is 25.0 Å². The molecule has 0 bridgehead atoms. The van der Waals surface area contributed by atoms with Crippen LogP contribution in [0.2, 0.25) is 0 Å². The van der Waals surface area contributed by atoms with Crippen molar-refractivity contribution in [3.63, 3.8) is 0 Å². The maximum atomic E-state index is 5.81. The number of benzene rings is 1. The van der Waals surface area contributed by atoms with Gasteiger partial charge in [0.05, 0.1) is 12.8 Å². The summed E-state index contributed by atoms with van der Waals surface area (Å²) in [7, 11) is 7.39. The highest BCUT2D eigenvalue weighted by Gasteiger charge is 2.15. The van der Waals surface area contributed by atoms with Crippen LogP contribution in [-0.4, -0.2) is 46.8 Å². The average molecular weight is 437 g/mol. The predicted octanol–water partition coefficient (Wildman–Crippen LogP) is 3.95. The predicted molar refractivity (Wildman–Crippen MR) is 126 cm³/mol. The minimum atomic E-state index is 0.373. The smallest absolute Gasteiger partial charge is 0.219 e. The number of aliphatic imine (C=N–C) groups is 1. The van der Waals surface area contributed by atoms with Crippen LogP contribution in [0.25, 0.3) is 0 Å². The van der Waals surface area contributed by atoms with Gasteiger partial charge in [0.2, 0.25) is 5.88 Å². The topological polar surface area (TPSA) is 76.8 Å². The lowest BCUT2D eigenvalue weighted by molar-refractivity contribution is 0.407. The molecule has 0 spiro atoms. The van der Waals surface area contributed by atoms with E-state index in [4.69, 9.17) is 9.47 Å². The van der Waals surface area contributed by atoms with Crippen LogP contribution >= 0.6 is 0 Å². The van der Waals surface area contributed by atoms with Crippen LogP contribution in [0.4, 0.5) is 0 Å². The number of hydrogen-bond acceptors (Lipinski definition) is 5. The Morgan fingerprint density at radius 3 is 2.66 bits per heavy atom. The monoisotopic (exact) mass is 436 g/mol. The molecule has 8 heteroatoms. The number of guanidine groups is 1. The third-order valence-electron chi connectivity index (χ3n) is 4.98. The van der Waals surface area contributed by atoms with Gasteiger partial charge in [0.25, 0.3) is 0 Å². The first kappa shape index (κ1) is 23.1. The highest BCUT2D eigenvalue weighted by Crippen LogP contribution is 2.24. The molecule has 0 saturated carbocycles. The summed E-state index contributed by atoms with van der Waals surface area (Å²) in [4.78, 5) is 10.9. The summed E-state index contributed by atoms with van der Waals surface area (Å²) in [6.07, 6.45) is 3.87. The van der Waals surface area contributed by atoms with E-state index in [2.05, 4.69) is 45.3 Å². The second-order valence-electron chi connectivity index (χ2n) is 7.91. The Bertz CT molecular complexity index is 1040. The molecule has 1 aromatic carbocycles.